The summed E-state index contributed by atoms with van der Waals surface area (Å²) in [5.74, 6) is 1.58. The summed E-state index contributed by atoms with van der Waals surface area (Å²) in [5, 5.41) is 6.76. The first-order valence-electron chi connectivity index (χ1n) is 8.11. The van der Waals surface area contributed by atoms with E-state index in [9.17, 15) is 0 Å². The zero-order valence-corrected chi connectivity index (χ0v) is 14.9. The third-order valence-corrected chi connectivity index (χ3v) is 4.87. The van der Waals surface area contributed by atoms with E-state index in [-0.39, 0.29) is 5.54 Å². The Morgan fingerprint density at radius 2 is 1.90 bits per heavy atom. The fraction of sp³-hybridized carbons (Fsp3) is 0.824. The standard InChI is InChI=1S/C17H30N2OS/c1-12-6-13(2)8-15(7-12)20-10-14-11-21-16(19-14)9-18-17(3,4)5/h11-13,15,18H,6-10H2,1-5H3. The van der Waals surface area contributed by atoms with E-state index in [4.69, 9.17) is 4.74 Å². The van der Waals surface area contributed by atoms with E-state index in [2.05, 4.69) is 50.3 Å². The summed E-state index contributed by atoms with van der Waals surface area (Å²) >= 11 is 1.72. The van der Waals surface area contributed by atoms with Crippen LogP contribution in [0.2, 0.25) is 0 Å². The Morgan fingerprint density at radius 1 is 1.24 bits per heavy atom. The van der Waals surface area contributed by atoms with Gasteiger partial charge in [-0.25, -0.2) is 4.98 Å². The molecule has 2 unspecified atom stereocenters. The monoisotopic (exact) mass is 310 g/mol. The number of hydrogen-bond donors (Lipinski definition) is 1. The van der Waals surface area contributed by atoms with Gasteiger partial charge in [0.15, 0.2) is 0 Å². The normalized spacial score (nSPS) is 27.0. The molecular formula is C17H30N2OS. The topological polar surface area (TPSA) is 34.1 Å². The lowest BCUT2D eigenvalue weighted by Crippen LogP contribution is -2.35. The average molecular weight is 311 g/mol. The van der Waals surface area contributed by atoms with Crippen molar-refractivity contribution in [2.45, 2.75) is 78.7 Å². The third-order valence-electron chi connectivity index (χ3n) is 3.97. The van der Waals surface area contributed by atoms with Gasteiger partial charge in [0.25, 0.3) is 0 Å². The van der Waals surface area contributed by atoms with Gasteiger partial charge in [-0.3, -0.25) is 0 Å². The van der Waals surface area contributed by atoms with Crippen LogP contribution in [0.25, 0.3) is 0 Å². The Balaban J connectivity index is 1.77. The molecule has 0 amide bonds. The predicted octanol–water partition coefficient (Wildman–Crippen LogP) is 4.37. The molecule has 1 aliphatic carbocycles. The summed E-state index contributed by atoms with van der Waals surface area (Å²) in [6, 6.07) is 0. The van der Waals surface area contributed by atoms with Gasteiger partial charge in [0, 0.05) is 17.5 Å². The lowest BCUT2D eigenvalue weighted by Gasteiger charge is -2.31. The molecule has 2 atom stereocenters. The highest BCUT2D eigenvalue weighted by molar-refractivity contribution is 7.09. The number of ether oxygens (including phenoxy) is 1. The van der Waals surface area contributed by atoms with Crippen LogP contribution >= 0.6 is 11.3 Å². The SMILES string of the molecule is CC1CC(C)CC(OCc2csc(CNC(C)(C)C)n2)C1. The minimum Gasteiger partial charge on any atom is -0.372 e. The molecule has 0 aliphatic heterocycles. The molecule has 1 aliphatic rings. The molecule has 1 saturated carbocycles. The third kappa shape index (κ3) is 6.05. The van der Waals surface area contributed by atoms with Crippen molar-refractivity contribution in [2.75, 3.05) is 0 Å². The van der Waals surface area contributed by atoms with Crippen LogP contribution in [0.1, 0.15) is 64.6 Å². The average Bonchev–Trinajstić information content (AvgIpc) is 2.80. The van der Waals surface area contributed by atoms with Crippen molar-refractivity contribution < 1.29 is 4.74 Å². The van der Waals surface area contributed by atoms with Crippen LogP contribution in [0, 0.1) is 11.8 Å². The van der Waals surface area contributed by atoms with Crippen molar-refractivity contribution in [1.82, 2.24) is 10.3 Å². The van der Waals surface area contributed by atoms with Gasteiger partial charge in [0.2, 0.25) is 0 Å². The smallest absolute Gasteiger partial charge is 0.107 e. The van der Waals surface area contributed by atoms with Crippen LogP contribution in [0.3, 0.4) is 0 Å². The maximum Gasteiger partial charge on any atom is 0.107 e. The molecule has 1 N–H and O–H groups in total. The van der Waals surface area contributed by atoms with Crippen LogP contribution in [-0.2, 0) is 17.9 Å². The van der Waals surface area contributed by atoms with E-state index in [1.54, 1.807) is 11.3 Å². The molecule has 120 valence electrons. The van der Waals surface area contributed by atoms with Gasteiger partial charge >= 0.3 is 0 Å². The van der Waals surface area contributed by atoms with Gasteiger partial charge in [-0.05, 0) is 51.9 Å². The Kier molecular flexibility index (Phi) is 5.81. The maximum atomic E-state index is 6.09. The molecule has 1 aromatic rings. The lowest BCUT2D eigenvalue weighted by molar-refractivity contribution is -0.0103. The quantitative estimate of drug-likeness (QED) is 0.876. The lowest BCUT2D eigenvalue weighted by atomic mass is 9.82. The van der Waals surface area contributed by atoms with E-state index in [0.29, 0.717) is 12.7 Å². The molecule has 0 saturated heterocycles. The molecule has 1 heterocycles. The number of thiazole rings is 1. The van der Waals surface area contributed by atoms with E-state index in [1.807, 2.05) is 0 Å². The zero-order valence-electron chi connectivity index (χ0n) is 14.1. The molecule has 1 fully saturated rings. The highest BCUT2D eigenvalue weighted by Gasteiger charge is 2.24. The number of nitrogens with zero attached hydrogens (tertiary/aromatic N) is 1. The maximum absolute atomic E-state index is 6.09. The number of aromatic nitrogens is 1. The van der Waals surface area contributed by atoms with Crippen molar-refractivity contribution >= 4 is 11.3 Å². The van der Waals surface area contributed by atoms with Crippen LogP contribution < -0.4 is 5.32 Å². The van der Waals surface area contributed by atoms with E-state index >= 15 is 0 Å². The zero-order chi connectivity index (χ0) is 15.5. The van der Waals surface area contributed by atoms with Crippen molar-refractivity contribution in [1.29, 1.82) is 0 Å². The van der Waals surface area contributed by atoms with Gasteiger partial charge in [-0.2, -0.15) is 0 Å². The molecular weight excluding hydrogens is 280 g/mol. The summed E-state index contributed by atoms with van der Waals surface area (Å²) < 4.78 is 6.09. The van der Waals surface area contributed by atoms with E-state index in [1.165, 1.54) is 19.3 Å². The molecule has 4 heteroatoms. The minimum absolute atomic E-state index is 0.136. The number of nitrogens with one attached hydrogen (secondary N) is 1. The summed E-state index contributed by atoms with van der Waals surface area (Å²) in [7, 11) is 0. The Morgan fingerprint density at radius 3 is 2.52 bits per heavy atom. The van der Waals surface area contributed by atoms with Crippen molar-refractivity contribution in [3.63, 3.8) is 0 Å². The van der Waals surface area contributed by atoms with Crippen molar-refractivity contribution in [2.24, 2.45) is 11.8 Å². The van der Waals surface area contributed by atoms with Gasteiger partial charge in [0.1, 0.15) is 5.01 Å². The molecule has 0 spiro atoms. The summed E-state index contributed by atoms with van der Waals surface area (Å²) in [6.45, 7) is 12.7. The van der Waals surface area contributed by atoms with Gasteiger partial charge in [-0.15, -0.1) is 11.3 Å². The fourth-order valence-electron chi connectivity index (χ4n) is 3.05. The Labute approximate surface area is 133 Å². The molecule has 3 nitrogen and oxygen atoms in total. The van der Waals surface area contributed by atoms with Crippen LogP contribution in [0.4, 0.5) is 0 Å². The summed E-state index contributed by atoms with van der Waals surface area (Å²) in [4.78, 5) is 4.67. The van der Waals surface area contributed by atoms with Crippen LogP contribution in [0.5, 0.6) is 0 Å². The Bertz CT molecular complexity index is 428. The van der Waals surface area contributed by atoms with Gasteiger partial charge in [0.05, 0.1) is 18.4 Å². The molecule has 0 bridgehead atoms. The van der Waals surface area contributed by atoms with Crippen molar-refractivity contribution in [3.05, 3.63) is 16.1 Å². The van der Waals surface area contributed by atoms with Gasteiger partial charge in [-0.1, -0.05) is 13.8 Å². The highest BCUT2D eigenvalue weighted by Crippen LogP contribution is 2.30. The first-order valence-corrected chi connectivity index (χ1v) is 8.99. The van der Waals surface area contributed by atoms with E-state index in [0.717, 1.165) is 29.1 Å². The molecule has 0 aromatic carbocycles. The first kappa shape index (κ1) is 16.9. The Hall–Kier alpha value is -0.450. The highest BCUT2D eigenvalue weighted by atomic mass is 32.1. The second-order valence-electron chi connectivity index (χ2n) is 7.69. The minimum atomic E-state index is 0.136. The number of hydrogen-bond acceptors (Lipinski definition) is 4. The van der Waals surface area contributed by atoms with E-state index < -0.39 is 0 Å². The summed E-state index contributed by atoms with van der Waals surface area (Å²) in [6.07, 6.45) is 4.17. The predicted molar refractivity (Wildman–Crippen MR) is 89.5 cm³/mol. The fourth-order valence-corrected chi connectivity index (χ4v) is 3.77. The van der Waals surface area contributed by atoms with Gasteiger partial charge < -0.3 is 10.1 Å². The second-order valence-corrected chi connectivity index (χ2v) is 8.63. The number of rotatable bonds is 5. The van der Waals surface area contributed by atoms with Crippen LogP contribution in [-0.4, -0.2) is 16.6 Å². The first-order chi connectivity index (χ1) is 9.82. The largest absolute Gasteiger partial charge is 0.372 e. The van der Waals surface area contributed by atoms with Crippen LogP contribution in [0.15, 0.2) is 5.38 Å². The molecule has 0 radical (unpaired) electrons. The summed E-state index contributed by atoms with van der Waals surface area (Å²) in [5.41, 5.74) is 1.22. The molecule has 1 aromatic heterocycles. The second kappa shape index (κ2) is 7.21. The molecule has 21 heavy (non-hydrogen) atoms. The molecule has 2 rings (SSSR count). The van der Waals surface area contributed by atoms with Crippen molar-refractivity contribution in [3.8, 4) is 0 Å².